The Labute approximate surface area is 99.0 Å². The number of fused-ring (bicyclic) bond motifs is 1. The fourth-order valence-electron chi connectivity index (χ4n) is 2.29. The Balaban J connectivity index is 2.48. The van der Waals surface area contributed by atoms with Crippen LogP contribution in [0.1, 0.15) is 25.3 Å². The van der Waals surface area contributed by atoms with Crippen molar-refractivity contribution in [3.63, 3.8) is 0 Å². The van der Waals surface area contributed by atoms with Crippen molar-refractivity contribution in [1.29, 1.82) is 0 Å². The minimum Gasteiger partial charge on any atom is -0.393 e. The van der Waals surface area contributed by atoms with Gasteiger partial charge < -0.3 is 10.0 Å². The minimum absolute atomic E-state index is 0.232. The molecular weight excluding hydrogens is 254 g/mol. The van der Waals surface area contributed by atoms with E-state index in [2.05, 4.69) is 39.9 Å². The number of hydrogen-bond donors (Lipinski definition) is 1. The molecule has 1 aromatic carbocycles. The van der Waals surface area contributed by atoms with E-state index in [1.54, 1.807) is 0 Å². The van der Waals surface area contributed by atoms with Crippen molar-refractivity contribution in [1.82, 2.24) is 0 Å². The number of halogens is 1. The van der Waals surface area contributed by atoms with E-state index in [0.717, 1.165) is 17.6 Å². The number of nitrogens with zero attached hydrogens (tertiary/aromatic N) is 1. The van der Waals surface area contributed by atoms with Crippen LogP contribution >= 0.6 is 15.9 Å². The van der Waals surface area contributed by atoms with Crippen molar-refractivity contribution in [2.45, 2.75) is 25.9 Å². The van der Waals surface area contributed by atoms with Crippen molar-refractivity contribution >= 4 is 21.6 Å². The maximum Gasteiger partial charge on any atom is 0.0598 e. The van der Waals surface area contributed by atoms with Gasteiger partial charge in [0, 0.05) is 29.2 Å². The number of hydrogen-bond acceptors (Lipinski definition) is 2. The van der Waals surface area contributed by atoms with Gasteiger partial charge >= 0.3 is 0 Å². The molecule has 82 valence electrons. The zero-order valence-electron chi connectivity index (χ0n) is 9.07. The van der Waals surface area contributed by atoms with E-state index in [0.29, 0.717) is 0 Å². The molecule has 2 nitrogen and oxygen atoms in total. The Morgan fingerprint density at radius 3 is 2.93 bits per heavy atom. The fourth-order valence-corrected chi connectivity index (χ4v) is 2.94. The van der Waals surface area contributed by atoms with E-state index >= 15 is 0 Å². The van der Waals surface area contributed by atoms with Crippen LogP contribution in [0.3, 0.4) is 0 Å². The van der Waals surface area contributed by atoms with Crippen LogP contribution in [0, 0.1) is 0 Å². The average molecular weight is 270 g/mol. The molecule has 0 bridgehead atoms. The number of likely N-dealkylation sites (N-methyl/N-ethyl adjacent to an activating group) is 1. The summed E-state index contributed by atoms with van der Waals surface area (Å²) in [6.45, 7) is 5.93. The normalized spacial score (nSPS) is 21.6. The van der Waals surface area contributed by atoms with E-state index in [1.807, 2.05) is 13.0 Å². The molecule has 1 heterocycles. The largest absolute Gasteiger partial charge is 0.393 e. The quantitative estimate of drug-likeness (QED) is 0.893. The highest BCUT2D eigenvalue weighted by molar-refractivity contribution is 9.10. The van der Waals surface area contributed by atoms with Crippen molar-refractivity contribution in [2.75, 3.05) is 18.0 Å². The summed E-state index contributed by atoms with van der Waals surface area (Å²) in [5.41, 5.74) is 2.52. The Bertz CT molecular complexity index is 365. The van der Waals surface area contributed by atoms with E-state index in [1.165, 1.54) is 11.3 Å². The molecule has 0 aliphatic carbocycles. The molecule has 15 heavy (non-hydrogen) atoms. The minimum atomic E-state index is -0.293. The van der Waals surface area contributed by atoms with Crippen molar-refractivity contribution < 1.29 is 5.11 Å². The first-order chi connectivity index (χ1) is 7.15. The second-order valence-corrected chi connectivity index (χ2v) is 4.91. The second kappa shape index (κ2) is 4.14. The smallest absolute Gasteiger partial charge is 0.0598 e. The molecule has 2 atom stereocenters. The summed E-state index contributed by atoms with van der Waals surface area (Å²) in [4.78, 5) is 2.32. The van der Waals surface area contributed by atoms with E-state index in [9.17, 15) is 5.11 Å². The molecule has 1 aromatic rings. The molecule has 0 amide bonds. The summed E-state index contributed by atoms with van der Waals surface area (Å²) >= 11 is 3.57. The average Bonchev–Trinajstić information content (AvgIpc) is 2.58. The van der Waals surface area contributed by atoms with E-state index in [4.69, 9.17) is 0 Å². The van der Waals surface area contributed by atoms with Gasteiger partial charge in [-0.05, 0) is 31.5 Å². The van der Waals surface area contributed by atoms with Gasteiger partial charge in [0.15, 0.2) is 0 Å². The Morgan fingerprint density at radius 2 is 2.33 bits per heavy atom. The Morgan fingerprint density at radius 1 is 1.60 bits per heavy atom. The van der Waals surface area contributed by atoms with Gasteiger partial charge in [-0.1, -0.05) is 22.0 Å². The summed E-state index contributed by atoms with van der Waals surface area (Å²) in [5.74, 6) is 0.232. The van der Waals surface area contributed by atoms with Crippen LogP contribution in [0.4, 0.5) is 5.69 Å². The fraction of sp³-hybridized carbons (Fsp3) is 0.500. The highest BCUT2D eigenvalue weighted by atomic mass is 79.9. The maximum atomic E-state index is 9.79. The molecule has 0 aromatic heterocycles. The van der Waals surface area contributed by atoms with Gasteiger partial charge in [0.1, 0.15) is 0 Å². The van der Waals surface area contributed by atoms with E-state index < -0.39 is 0 Å². The van der Waals surface area contributed by atoms with Crippen LogP contribution < -0.4 is 4.90 Å². The highest BCUT2D eigenvalue weighted by Gasteiger charge is 2.32. The predicted molar refractivity (Wildman–Crippen MR) is 66.5 cm³/mol. The van der Waals surface area contributed by atoms with Crippen LogP contribution in [0.15, 0.2) is 22.7 Å². The van der Waals surface area contributed by atoms with Gasteiger partial charge in [0.2, 0.25) is 0 Å². The highest BCUT2D eigenvalue weighted by Crippen LogP contribution is 2.42. The summed E-state index contributed by atoms with van der Waals surface area (Å²) in [6, 6.07) is 6.23. The number of benzene rings is 1. The molecule has 1 aliphatic heterocycles. The maximum absolute atomic E-state index is 9.79. The van der Waals surface area contributed by atoms with E-state index in [-0.39, 0.29) is 12.0 Å². The van der Waals surface area contributed by atoms with Crippen LogP contribution in [0.2, 0.25) is 0 Å². The first kappa shape index (κ1) is 11.0. The second-order valence-electron chi connectivity index (χ2n) is 4.06. The van der Waals surface area contributed by atoms with Crippen molar-refractivity contribution in [3.05, 3.63) is 28.2 Å². The zero-order chi connectivity index (χ0) is 11.0. The van der Waals surface area contributed by atoms with Gasteiger partial charge in [-0.25, -0.2) is 0 Å². The molecule has 0 saturated heterocycles. The lowest BCUT2D eigenvalue weighted by atomic mass is 9.97. The van der Waals surface area contributed by atoms with Gasteiger partial charge in [-0.2, -0.15) is 0 Å². The predicted octanol–water partition coefficient (Wildman–Crippen LogP) is 2.75. The van der Waals surface area contributed by atoms with Crippen LogP contribution in [0.5, 0.6) is 0 Å². The monoisotopic (exact) mass is 269 g/mol. The summed E-state index contributed by atoms with van der Waals surface area (Å²) < 4.78 is 1.11. The van der Waals surface area contributed by atoms with Crippen molar-refractivity contribution in [2.24, 2.45) is 0 Å². The van der Waals surface area contributed by atoms with Gasteiger partial charge in [-0.15, -0.1) is 0 Å². The molecule has 0 spiro atoms. The van der Waals surface area contributed by atoms with Crippen LogP contribution in [0.25, 0.3) is 0 Å². The molecule has 2 unspecified atom stereocenters. The summed E-state index contributed by atoms with van der Waals surface area (Å²) in [6.07, 6.45) is -0.293. The molecule has 0 saturated carbocycles. The third-order valence-corrected chi connectivity index (χ3v) is 3.81. The van der Waals surface area contributed by atoms with Crippen LogP contribution in [-0.2, 0) is 0 Å². The summed E-state index contributed by atoms with van der Waals surface area (Å²) in [7, 11) is 0. The first-order valence-corrected chi connectivity index (χ1v) is 6.15. The summed E-state index contributed by atoms with van der Waals surface area (Å²) in [5, 5.41) is 9.79. The standard InChI is InChI=1S/C12H16BrNO/c1-3-14-7-9(8(2)15)12-10(13)5-4-6-11(12)14/h4-6,8-9,15H,3,7H2,1-2H3. The number of rotatable bonds is 2. The van der Waals surface area contributed by atoms with Crippen LogP contribution in [-0.4, -0.2) is 24.3 Å². The molecule has 0 fully saturated rings. The Kier molecular flexibility index (Phi) is 3.03. The van der Waals surface area contributed by atoms with Crippen molar-refractivity contribution in [3.8, 4) is 0 Å². The molecule has 2 rings (SSSR count). The molecule has 1 N–H and O–H groups in total. The molecule has 0 radical (unpaired) electrons. The van der Waals surface area contributed by atoms with Gasteiger partial charge in [0.05, 0.1) is 6.10 Å². The zero-order valence-corrected chi connectivity index (χ0v) is 10.7. The molecular formula is C12H16BrNO. The number of anilines is 1. The lowest BCUT2D eigenvalue weighted by Gasteiger charge is -2.17. The first-order valence-electron chi connectivity index (χ1n) is 5.36. The topological polar surface area (TPSA) is 23.5 Å². The van der Waals surface area contributed by atoms with Gasteiger partial charge in [-0.3, -0.25) is 0 Å². The molecule has 3 heteroatoms. The number of aliphatic hydroxyl groups excluding tert-OH is 1. The van der Waals surface area contributed by atoms with Gasteiger partial charge in [0.25, 0.3) is 0 Å². The SMILES string of the molecule is CCN1CC(C(C)O)c2c(Br)cccc21. The third kappa shape index (κ3) is 1.79. The lowest BCUT2D eigenvalue weighted by molar-refractivity contribution is 0.167. The Hall–Kier alpha value is -0.540. The number of aliphatic hydroxyl groups is 1. The lowest BCUT2D eigenvalue weighted by Crippen LogP contribution is -2.25. The third-order valence-electron chi connectivity index (χ3n) is 3.12. The molecule has 1 aliphatic rings.